The smallest absolute Gasteiger partial charge is 0.334 e. The predicted molar refractivity (Wildman–Crippen MR) is 64.6 cm³/mol. The lowest BCUT2D eigenvalue weighted by Crippen LogP contribution is -2.36. The molecule has 0 unspecified atom stereocenters. The van der Waals surface area contributed by atoms with E-state index in [0.29, 0.717) is 5.56 Å². The average Bonchev–Trinajstić information content (AvgIpc) is 2.82. The molecular weight excluding hydrogens is 236 g/mol. The molecule has 1 aliphatic rings. The molecule has 1 heterocycles. The van der Waals surface area contributed by atoms with Crippen molar-refractivity contribution >= 4 is 17.6 Å². The molecule has 1 aromatic carbocycles. The largest absolute Gasteiger partial charge is 0.479 e. The maximum atomic E-state index is 11.7. The fourth-order valence-corrected chi connectivity index (χ4v) is 1.81. The second-order valence-corrected chi connectivity index (χ2v) is 4.11. The summed E-state index contributed by atoms with van der Waals surface area (Å²) in [7, 11) is 0. The monoisotopic (exact) mass is 250 g/mol. The number of aliphatic hydroxyl groups excluding tert-OH is 1. The van der Waals surface area contributed by atoms with Crippen LogP contribution < -0.4 is 10.6 Å². The molecule has 0 spiro atoms. The molecule has 1 atom stereocenters. The molecule has 4 N–H and O–H groups in total. The van der Waals surface area contributed by atoms with Crippen molar-refractivity contribution in [2.75, 3.05) is 18.4 Å². The van der Waals surface area contributed by atoms with E-state index in [1.165, 1.54) is 0 Å². The Morgan fingerprint density at radius 3 is 2.94 bits per heavy atom. The van der Waals surface area contributed by atoms with Gasteiger partial charge in [0.15, 0.2) is 6.10 Å². The second kappa shape index (κ2) is 5.05. The standard InChI is InChI=1S/C12H14N2O4/c15-10(12(17)18)6-14-11(16)8-2-1-7-3-4-13-9(7)5-8/h1-2,5,10,13,15H,3-4,6H2,(H,14,16)(H,17,18)/t10-/m0/s1. The highest BCUT2D eigenvalue weighted by molar-refractivity contribution is 5.95. The van der Waals surface area contributed by atoms with Crippen LogP contribution in [-0.2, 0) is 11.2 Å². The first-order valence-electron chi connectivity index (χ1n) is 5.64. The van der Waals surface area contributed by atoms with E-state index in [1.54, 1.807) is 12.1 Å². The topological polar surface area (TPSA) is 98.7 Å². The van der Waals surface area contributed by atoms with Gasteiger partial charge in [-0.3, -0.25) is 4.79 Å². The molecule has 6 nitrogen and oxygen atoms in total. The van der Waals surface area contributed by atoms with Crippen LogP contribution in [0.25, 0.3) is 0 Å². The minimum atomic E-state index is -1.58. The zero-order chi connectivity index (χ0) is 13.1. The van der Waals surface area contributed by atoms with Gasteiger partial charge < -0.3 is 20.8 Å². The van der Waals surface area contributed by atoms with Crippen LogP contribution in [-0.4, -0.2) is 41.3 Å². The van der Waals surface area contributed by atoms with Crippen molar-refractivity contribution in [2.24, 2.45) is 0 Å². The highest BCUT2D eigenvalue weighted by atomic mass is 16.4. The van der Waals surface area contributed by atoms with Crippen LogP contribution in [0.4, 0.5) is 5.69 Å². The van der Waals surface area contributed by atoms with Gasteiger partial charge in [0, 0.05) is 17.8 Å². The lowest BCUT2D eigenvalue weighted by molar-refractivity contribution is -0.146. The van der Waals surface area contributed by atoms with E-state index in [1.807, 2.05) is 6.07 Å². The number of amides is 1. The van der Waals surface area contributed by atoms with Gasteiger partial charge in [0.05, 0.1) is 6.54 Å². The van der Waals surface area contributed by atoms with E-state index in [-0.39, 0.29) is 6.54 Å². The van der Waals surface area contributed by atoms with Crippen LogP contribution in [0.1, 0.15) is 15.9 Å². The summed E-state index contributed by atoms with van der Waals surface area (Å²) >= 11 is 0. The molecule has 0 fully saturated rings. The fourth-order valence-electron chi connectivity index (χ4n) is 1.81. The van der Waals surface area contributed by atoms with Crippen molar-refractivity contribution in [1.29, 1.82) is 0 Å². The molecule has 1 amide bonds. The predicted octanol–water partition coefficient (Wildman–Crippen LogP) is -0.170. The van der Waals surface area contributed by atoms with Crippen LogP contribution in [0.3, 0.4) is 0 Å². The van der Waals surface area contributed by atoms with Gasteiger partial charge in [0.1, 0.15) is 0 Å². The minimum Gasteiger partial charge on any atom is -0.479 e. The third-order valence-corrected chi connectivity index (χ3v) is 2.82. The van der Waals surface area contributed by atoms with Gasteiger partial charge in [0.2, 0.25) is 0 Å². The zero-order valence-corrected chi connectivity index (χ0v) is 9.64. The maximum absolute atomic E-state index is 11.7. The highest BCUT2D eigenvalue weighted by Gasteiger charge is 2.16. The number of carbonyl (C=O) groups is 2. The SMILES string of the molecule is O=C(NC[C@H](O)C(=O)O)c1ccc2c(c1)NCC2. The number of carboxylic acids is 1. The van der Waals surface area contributed by atoms with Crippen molar-refractivity contribution < 1.29 is 19.8 Å². The number of rotatable bonds is 4. The Balaban J connectivity index is 1.99. The van der Waals surface area contributed by atoms with E-state index in [2.05, 4.69) is 10.6 Å². The summed E-state index contributed by atoms with van der Waals surface area (Å²) in [4.78, 5) is 22.1. The van der Waals surface area contributed by atoms with E-state index < -0.39 is 18.0 Å². The summed E-state index contributed by atoms with van der Waals surface area (Å²) < 4.78 is 0. The van der Waals surface area contributed by atoms with Gasteiger partial charge in [-0.1, -0.05) is 6.07 Å². The first-order chi connectivity index (χ1) is 8.58. The van der Waals surface area contributed by atoms with Crippen LogP contribution in [0.2, 0.25) is 0 Å². The Hall–Kier alpha value is -2.08. The third-order valence-electron chi connectivity index (χ3n) is 2.82. The number of carbonyl (C=O) groups excluding carboxylic acids is 1. The van der Waals surface area contributed by atoms with E-state index in [0.717, 1.165) is 24.2 Å². The zero-order valence-electron chi connectivity index (χ0n) is 9.64. The summed E-state index contributed by atoms with van der Waals surface area (Å²) in [5, 5.41) is 23.1. The number of fused-ring (bicyclic) bond motifs is 1. The quantitative estimate of drug-likeness (QED) is 0.594. The number of hydrogen-bond donors (Lipinski definition) is 4. The van der Waals surface area contributed by atoms with E-state index in [9.17, 15) is 9.59 Å². The Morgan fingerprint density at radius 1 is 1.44 bits per heavy atom. The highest BCUT2D eigenvalue weighted by Crippen LogP contribution is 2.22. The summed E-state index contributed by atoms with van der Waals surface area (Å²) in [6, 6.07) is 5.29. The van der Waals surface area contributed by atoms with Gasteiger partial charge >= 0.3 is 5.97 Å². The molecular formula is C12H14N2O4. The van der Waals surface area contributed by atoms with Crippen molar-refractivity contribution in [1.82, 2.24) is 5.32 Å². The molecule has 6 heteroatoms. The molecule has 1 aromatic rings. The Morgan fingerprint density at radius 2 is 2.22 bits per heavy atom. The van der Waals surface area contributed by atoms with Crippen molar-refractivity contribution in [3.05, 3.63) is 29.3 Å². The van der Waals surface area contributed by atoms with Crippen molar-refractivity contribution in [3.8, 4) is 0 Å². The average molecular weight is 250 g/mol. The summed E-state index contributed by atoms with van der Waals surface area (Å²) in [6.07, 6.45) is -0.642. The molecule has 0 aliphatic carbocycles. The number of aliphatic carboxylic acids is 1. The first-order valence-corrected chi connectivity index (χ1v) is 5.64. The number of benzene rings is 1. The Labute approximate surface area is 104 Å². The first kappa shape index (κ1) is 12.4. The minimum absolute atomic E-state index is 0.307. The molecule has 96 valence electrons. The second-order valence-electron chi connectivity index (χ2n) is 4.11. The number of nitrogens with one attached hydrogen (secondary N) is 2. The van der Waals surface area contributed by atoms with Gasteiger partial charge in [-0.25, -0.2) is 4.79 Å². The molecule has 1 aliphatic heterocycles. The molecule has 0 saturated heterocycles. The van der Waals surface area contributed by atoms with Gasteiger partial charge in [-0.05, 0) is 24.1 Å². The van der Waals surface area contributed by atoms with Gasteiger partial charge in [0.25, 0.3) is 5.91 Å². The van der Waals surface area contributed by atoms with Crippen LogP contribution in [0.15, 0.2) is 18.2 Å². The van der Waals surface area contributed by atoms with Crippen LogP contribution in [0, 0.1) is 0 Å². The number of aliphatic hydroxyl groups is 1. The van der Waals surface area contributed by atoms with Crippen LogP contribution in [0.5, 0.6) is 0 Å². The molecule has 0 bridgehead atoms. The van der Waals surface area contributed by atoms with Crippen LogP contribution >= 0.6 is 0 Å². The molecule has 2 rings (SSSR count). The lowest BCUT2D eigenvalue weighted by Gasteiger charge is -2.09. The summed E-state index contributed by atoms with van der Waals surface area (Å²) in [5.41, 5.74) is 2.54. The fraction of sp³-hybridized carbons (Fsp3) is 0.333. The van der Waals surface area contributed by atoms with E-state index >= 15 is 0 Å². The molecule has 18 heavy (non-hydrogen) atoms. The normalized spacial score (nSPS) is 14.5. The third kappa shape index (κ3) is 2.60. The van der Waals surface area contributed by atoms with Gasteiger partial charge in [-0.15, -0.1) is 0 Å². The van der Waals surface area contributed by atoms with E-state index in [4.69, 9.17) is 10.2 Å². The lowest BCUT2D eigenvalue weighted by atomic mass is 10.1. The molecule has 0 saturated carbocycles. The summed E-state index contributed by atoms with van der Waals surface area (Å²) in [6.45, 7) is 0.552. The number of anilines is 1. The Kier molecular flexibility index (Phi) is 3.47. The number of hydrogen-bond acceptors (Lipinski definition) is 4. The number of carboxylic acid groups (broad SMARTS) is 1. The summed E-state index contributed by atoms with van der Waals surface area (Å²) in [5.74, 6) is -1.75. The molecule has 0 aromatic heterocycles. The van der Waals surface area contributed by atoms with Crippen molar-refractivity contribution in [2.45, 2.75) is 12.5 Å². The Bertz CT molecular complexity index is 487. The molecule has 0 radical (unpaired) electrons. The van der Waals surface area contributed by atoms with Crippen molar-refractivity contribution in [3.63, 3.8) is 0 Å². The maximum Gasteiger partial charge on any atom is 0.334 e. The van der Waals surface area contributed by atoms with Gasteiger partial charge in [-0.2, -0.15) is 0 Å².